The van der Waals surface area contributed by atoms with Gasteiger partial charge in [-0.2, -0.15) is 4.31 Å². The zero-order valence-electron chi connectivity index (χ0n) is 18.5. The molecule has 9 heteroatoms. The molecule has 1 saturated heterocycles. The summed E-state index contributed by atoms with van der Waals surface area (Å²) < 4.78 is 30.9. The molecule has 0 spiro atoms. The van der Waals surface area contributed by atoms with Crippen molar-refractivity contribution >= 4 is 27.5 Å². The number of piperazine rings is 1. The fraction of sp³-hybridized carbons (Fsp3) is 0.417. The lowest BCUT2D eigenvalue weighted by Crippen LogP contribution is -2.54. The van der Waals surface area contributed by atoms with E-state index in [0.29, 0.717) is 19.5 Å². The van der Waals surface area contributed by atoms with Gasteiger partial charge in [-0.25, -0.2) is 8.42 Å². The molecular formula is C24H27N3O5S. The molecule has 0 N–H and O–H groups in total. The quantitative estimate of drug-likeness (QED) is 0.643. The summed E-state index contributed by atoms with van der Waals surface area (Å²) >= 11 is 0. The highest BCUT2D eigenvalue weighted by Gasteiger charge is 2.66. The molecule has 0 aromatic heterocycles. The summed E-state index contributed by atoms with van der Waals surface area (Å²) in [5.74, 6) is 0.555. The van der Waals surface area contributed by atoms with Crippen molar-refractivity contribution in [1.82, 2.24) is 9.21 Å². The minimum atomic E-state index is -3.27. The summed E-state index contributed by atoms with van der Waals surface area (Å²) in [4.78, 5) is 30.0. The van der Waals surface area contributed by atoms with E-state index < -0.39 is 15.4 Å². The molecule has 2 fully saturated rings. The molecular weight excluding hydrogens is 442 g/mol. The Bertz CT molecular complexity index is 1180. The molecule has 174 valence electrons. The number of benzene rings is 2. The summed E-state index contributed by atoms with van der Waals surface area (Å²) in [5.41, 5.74) is 1.20. The van der Waals surface area contributed by atoms with Gasteiger partial charge in [-0.3, -0.25) is 9.59 Å². The molecule has 33 heavy (non-hydrogen) atoms. The summed E-state index contributed by atoms with van der Waals surface area (Å²) in [5, 5.41) is 0. The number of sulfonamides is 1. The molecule has 2 aromatic rings. The molecule has 2 aliphatic heterocycles. The van der Waals surface area contributed by atoms with Crippen molar-refractivity contribution in [3.63, 3.8) is 0 Å². The Kier molecular flexibility index (Phi) is 5.41. The van der Waals surface area contributed by atoms with Gasteiger partial charge >= 0.3 is 0 Å². The van der Waals surface area contributed by atoms with Gasteiger partial charge in [0.05, 0.1) is 11.7 Å². The predicted octanol–water partition coefficient (Wildman–Crippen LogP) is 1.69. The first-order valence-corrected chi connectivity index (χ1v) is 13.0. The molecule has 2 atom stereocenters. The Morgan fingerprint density at radius 3 is 2.39 bits per heavy atom. The number of carbonyl (C=O) groups is 2. The van der Waals surface area contributed by atoms with Gasteiger partial charge < -0.3 is 14.5 Å². The van der Waals surface area contributed by atoms with Crippen molar-refractivity contribution in [3.8, 4) is 5.75 Å². The van der Waals surface area contributed by atoms with Gasteiger partial charge in [-0.05, 0) is 30.2 Å². The third-order valence-electron chi connectivity index (χ3n) is 6.94. The molecule has 2 heterocycles. The first-order valence-electron chi connectivity index (χ1n) is 11.1. The largest absolute Gasteiger partial charge is 0.492 e. The van der Waals surface area contributed by atoms with Gasteiger partial charge in [0.2, 0.25) is 21.8 Å². The van der Waals surface area contributed by atoms with Gasteiger partial charge in [-0.1, -0.05) is 36.4 Å². The van der Waals surface area contributed by atoms with Crippen LogP contribution in [0, 0.1) is 5.41 Å². The molecule has 2 aromatic carbocycles. The van der Waals surface area contributed by atoms with E-state index in [-0.39, 0.29) is 44.0 Å². The van der Waals surface area contributed by atoms with Gasteiger partial charge in [0, 0.05) is 37.8 Å². The first-order chi connectivity index (χ1) is 15.8. The van der Waals surface area contributed by atoms with Crippen LogP contribution in [0.15, 0.2) is 54.6 Å². The van der Waals surface area contributed by atoms with E-state index in [9.17, 15) is 18.0 Å². The zero-order chi connectivity index (χ0) is 23.2. The van der Waals surface area contributed by atoms with Crippen molar-refractivity contribution in [3.05, 3.63) is 60.2 Å². The molecule has 2 amide bonds. The highest BCUT2D eigenvalue weighted by Crippen LogP contribution is 2.65. The fourth-order valence-corrected chi connectivity index (χ4v) is 5.79. The molecule has 0 bridgehead atoms. The van der Waals surface area contributed by atoms with Crippen LogP contribution in [0.3, 0.4) is 0 Å². The van der Waals surface area contributed by atoms with Crippen molar-refractivity contribution in [2.75, 3.05) is 50.5 Å². The van der Waals surface area contributed by atoms with E-state index in [1.165, 1.54) is 10.6 Å². The van der Waals surface area contributed by atoms with E-state index in [4.69, 9.17) is 4.74 Å². The average molecular weight is 470 g/mol. The lowest BCUT2D eigenvalue weighted by atomic mass is 9.92. The lowest BCUT2D eigenvalue weighted by Gasteiger charge is -2.37. The van der Waals surface area contributed by atoms with Crippen LogP contribution >= 0.6 is 0 Å². The second-order valence-electron chi connectivity index (χ2n) is 9.01. The van der Waals surface area contributed by atoms with Crippen LogP contribution in [0.5, 0.6) is 5.75 Å². The number of ether oxygens (including phenoxy) is 1. The topological polar surface area (TPSA) is 87.2 Å². The SMILES string of the molecule is CS(=O)(=O)N1CCN(C(=O)CN2C(=O)[C@@]3(COc4ccccc4)C[C@H]3c3ccccc32)CC1. The summed E-state index contributed by atoms with van der Waals surface area (Å²) in [6.07, 6.45) is 1.88. The Labute approximate surface area is 193 Å². The van der Waals surface area contributed by atoms with Crippen LogP contribution in [0.1, 0.15) is 17.9 Å². The Balaban J connectivity index is 1.33. The Morgan fingerprint density at radius 1 is 1.03 bits per heavy atom. The number of hydrogen-bond donors (Lipinski definition) is 0. The Hall–Kier alpha value is -2.91. The minimum absolute atomic E-state index is 0.0610. The van der Waals surface area contributed by atoms with Crippen LogP contribution in [0.4, 0.5) is 5.69 Å². The molecule has 3 aliphatic rings. The molecule has 1 saturated carbocycles. The number of amides is 2. The number of carbonyl (C=O) groups excluding carboxylic acids is 2. The smallest absolute Gasteiger partial charge is 0.242 e. The Morgan fingerprint density at radius 2 is 1.70 bits per heavy atom. The third-order valence-corrected chi connectivity index (χ3v) is 8.25. The van der Waals surface area contributed by atoms with Gasteiger partial charge in [-0.15, -0.1) is 0 Å². The zero-order valence-corrected chi connectivity index (χ0v) is 19.3. The number of rotatable bonds is 6. The third kappa shape index (κ3) is 4.00. The van der Waals surface area contributed by atoms with E-state index in [1.54, 1.807) is 9.80 Å². The second-order valence-corrected chi connectivity index (χ2v) is 11.0. The van der Waals surface area contributed by atoms with Crippen LogP contribution < -0.4 is 9.64 Å². The van der Waals surface area contributed by atoms with E-state index >= 15 is 0 Å². The highest BCUT2D eigenvalue weighted by atomic mass is 32.2. The monoisotopic (exact) mass is 469 g/mol. The summed E-state index contributed by atoms with van der Waals surface area (Å²) in [6.45, 7) is 1.39. The fourth-order valence-electron chi connectivity index (χ4n) is 4.97. The molecule has 1 aliphatic carbocycles. The van der Waals surface area contributed by atoms with Crippen LogP contribution in [-0.4, -0.2) is 75.0 Å². The van der Waals surface area contributed by atoms with Crippen molar-refractivity contribution < 1.29 is 22.7 Å². The van der Waals surface area contributed by atoms with Crippen LogP contribution in [0.2, 0.25) is 0 Å². The van der Waals surface area contributed by atoms with E-state index in [1.807, 2.05) is 54.6 Å². The number of hydrogen-bond acceptors (Lipinski definition) is 5. The van der Waals surface area contributed by atoms with Crippen molar-refractivity contribution in [1.29, 1.82) is 0 Å². The number of anilines is 1. The number of fused-ring (bicyclic) bond motifs is 3. The number of nitrogens with zero attached hydrogens (tertiary/aromatic N) is 3. The van der Waals surface area contributed by atoms with Gasteiger partial charge in [0.15, 0.2) is 0 Å². The lowest BCUT2D eigenvalue weighted by molar-refractivity contribution is -0.133. The standard InChI is InChI=1S/C24H27N3O5S/c1-33(30,31)26-13-11-25(12-14-26)22(28)16-27-21-10-6-5-9-19(21)20-15-24(20,23(27)29)17-32-18-7-3-2-4-8-18/h2-10,20H,11-17H2,1H3/t20-,24+/m0/s1. The second kappa shape index (κ2) is 8.14. The maximum atomic E-state index is 13.7. The average Bonchev–Trinajstić information content (AvgIpc) is 3.57. The van der Waals surface area contributed by atoms with Crippen LogP contribution in [0.25, 0.3) is 0 Å². The van der Waals surface area contributed by atoms with Crippen molar-refractivity contribution in [2.24, 2.45) is 5.41 Å². The van der Waals surface area contributed by atoms with Crippen LogP contribution in [-0.2, 0) is 19.6 Å². The molecule has 5 rings (SSSR count). The maximum absolute atomic E-state index is 13.7. The molecule has 8 nitrogen and oxygen atoms in total. The minimum Gasteiger partial charge on any atom is -0.492 e. The highest BCUT2D eigenvalue weighted by molar-refractivity contribution is 7.88. The summed E-state index contributed by atoms with van der Waals surface area (Å²) in [7, 11) is -3.27. The van der Waals surface area contributed by atoms with E-state index in [0.717, 1.165) is 17.0 Å². The first kappa shape index (κ1) is 21.9. The van der Waals surface area contributed by atoms with Gasteiger partial charge in [0.25, 0.3) is 0 Å². The molecule has 0 radical (unpaired) electrons. The normalized spacial score (nSPS) is 24.8. The predicted molar refractivity (Wildman–Crippen MR) is 124 cm³/mol. The molecule has 0 unspecified atom stereocenters. The van der Waals surface area contributed by atoms with Crippen molar-refractivity contribution in [2.45, 2.75) is 12.3 Å². The summed E-state index contributed by atoms with van der Waals surface area (Å²) in [6, 6.07) is 17.2. The van der Waals surface area contributed by atoms with E-state index in [2.05, 4.69) is 0 Å². The number of para-hydroxylation sites is 2. The van der Waals surface area contributed by atoms with Gasteiger partial charge in [0.1, 0.15) is 18.9 Å². The maximum Gasteiger partial charge on any atom is 0.242 e.